The summed E-state index contributed by atoms with van der Waals surface area (Å²) in [5, 5.41) is 10.4. The highest BCUT2D eigenvalue weighted by Gasteiger charge is 2.49. The first-order chi connectivity index (χ1) is 9.49. The van der Waals surface area contributed by atoms with Gasteiger partial charge in [-0.15, -0.1) is 0 Å². The number of carboxylic acids is 1. The van der Waals surface area contributed by atoms with Crippen LogP contribution in [-0.2, 0) is 4.79 Å². The van der Waals surface area contributed by atoms with E-state index in [4.69, 9.17) is 11.6 Å². The molecule has 3 rings (SSSR count). The highest BCUT2D eigenvalue weighted by atomic mass is 35.5. The molecule has 20 heavy (non-hydrogen) atoms. The first kappa shape index (κ1) is 13.9. The van der Waals surface area contributed by atoms with E-state index in [2.05, 4.69) is 18.0 Å². The molecule has 2 heterocycles. The molecule has 0 radical (unpaired) electrons. The Bertz CT molecular complexity index is 545. The van der Waals surface area contributed by atoms with Gasteiger partial charge in [0.25, 0.3) is 0 Å². The lowest BCUT2D eigenvalue weighted by Crippen LogP contribution is -2.48. The fraction of sp³-hybridized carbons (Fsp3) is 0.562. The van der Waals surface area contributed by atoms with Crippen molar-refractivity contribution in [3.05, 3.63) is 34.3 Å². The number of nitrogens with zero attached hydrogens (tertiary/aromatic N) is 1. The van der Waals surface area contributed by atoms with Gasteiger partial charge in [0.1, 0.15) is 0 Å². The van der Waals surface area contributed by atoms with Crippen LogP contribution in [0.1, 0.15) is 36.3 Å². The van der Waals surface area contributed by atoms with E-state index < -0.39 is 5.97 Å². The standard InChI is InChI=1S/C16H20ClNO2/c1-9-7-10(3-5-13(9)17)12-8-11-4-6-14(18(11)2)15(12)16(19)20/h3,5,7,11-12,14-15H,4,6,8H2,1-2H3,(H,19,20)/t11-,12+,14+,15-/m0/s1. The second-order valence-electron chi connectivity index (χ2n) is 6.18. The highest BCUT2D eigenvalue weighted by molar-refractivity contribution is 6.31. The number of hydrogen-bond acceptors (Lipinski definition) is 2. The Kier molecular flexibility index (Phi) is 3.51. The lowest BCUT2D eigenvalue weighted by Gasteiger charge is -2.41. The van der Waals surface area contributed by atoms with Crippen LogP contribution >= 0.6 is 11.6 Å². The molecule has 1 N–H and O–H groups in total. The summed E-state index contributed by atoms with van der Waals surface area (Å²) >= 11 is 6.09. The van der Waals surface area contributed by atoms with Crippen molar-refractivity contribution in [1.29, 1.82) is 0 Å². The Balaban J connectivity index is 1.98. The van der Waals surface area contributed by atoms with E-state index in [-0.39, 0.29) is 17.9 Å². The summed E-state index contributed by atoms with van der Waals surface area (Å²) in [6.45, 7) is 1.98. The lowest BCUT2D eigenvalue weighted by molar-refractivity contribution is -0.146. The van der Waals surface area contributed by atoms with E-state index in [0.717, 1.165) is 35.4 Å². The third-order valence-corrected chi connectivity index (χ3v) is 5.59. The topological polar surface area (TPSA) is 40.5 Å². The molecule has 2 saturated heterocycles. The average molecular weight is 294 g/mol. The van der Waals surface area contributed by atoms with Gasteiger partial charge in [0.05, 0.1) is 5.92 Å². The molecule has 3 nitrogen and oxygen atoms in total. The summed E-state index contributed by atoms with van der Waals surface area (Å²) in [7, 11) is 2.07. The maximum Gasteiger partial charge on any atom is 0.308 e. The van der Waals surface area contributed by atoms with Crippen LogP contribution in [0.4, 0.5) is 0 Å². The summed E-state index contributed by atoms with van der Waals surface area (Å²) < 4.78 is 0. The van der Waals surface area contributed by atoms with Gasteiger partial charge in [-0.2, -0.15) is 0 Å². The van der Waals surface area contributed by atoms with E-state index >= 15 is 0 Å². The van der Waals surface area contributed by atoms with Gasteiger partial charge in [0.15, 0.2) is 0 Å². The molecule has 0 aromatic heterocycles. The minimum atomic E-state index is -0.667. The van der Waals surface area contributed by atoms with Gasteiger partial charge in [-0.3, -0.25) is 9.69 Å². The van der Waals surface area contributed by atoms with Crippen LogP contribution in [0.2, 0.25) is 5.02 Å². The predicted molar refractivity (Wildman–Crippen MR) is 79.2 cm³/mol. The Labute approximate surface area is 124 Å². The summed E-state index contributed by atoms with van der Waals surface area (Å²) in [6.07, 6.45) is 3.06. The zero-order valence-corrected chi connectivity index (χ0v) is 12.6. The molecule has 0 spiro atoms. The van der Waals surface area contributed by atoms with Gasteiger partial charge in [0, 0.05) is 23.0 Å². The van der Waals surface area contributed by atoms with Crippen molar-refractivity contribution in [3.8, 4) is 0 Å². The molecular formula is C16H20ClNO2. The number of rotatable bonds is 2. The number of aryl methyl sites for hydroxylation is 1. The van der Waals surface area contributed by atoms with Crippen LogP contribution in [0.25, 0.3) is 0 Å². The summed E-state index contributed by atoms with van der Waals surface area (Å²) in [5.74, 6) is -0.865. The van der Waals surface area contributed by atoms with Crippen LogP contribution in [0.5, 0.6) is 0 Å². The first-order valence-electron chi connectivity index (χ1n) is 7.20. The predicted octanol–water partition coefficient (Wildman–Crippen LogP) is 3.30. The lowest BCUT2D eigenvalue weighted by atomic mass is 9.76. The van der Waals surface area contributed by atoms with Crippen molar-refractivity contribution in [2.75, 3.05) is 7.05 Å². The minimum absolute atomic E-state index is 0.108. The normalized spacial score (nSPS) is 33.4. The highest BCUT2D eigenvalue weighted by Crippen LogP contribution is 2.46. The fourth-order valence-corrected chi connectivity index (χ4v) is 4.16. The van der Waals surface area contributed by atoms with Gasteiger partial charge < -0.3 is 5.11 Å². The Hall–Kier alpha value is -1.06. The molecule has 0 unspecified atom stereocenters. The number of benzene rings is 1. The van der Waals surface area contributed by atoms with Crippen LogP contribution in [0.15, 0.2) is 18.2 Å². The zero-order chi connectivity index (χ0) is 14.4. The minimum Gasteiger partial charge on any atom is -0.481 e. The molecule has 2 aliphatic rings. The Morgan fingerprint density at radius 1 is 1.40 bits per heavy atom. The van der Waals surface area contributed by atoms with Crippen molar-refractivity contribution < 1.29 is 9.90 Å². The molecule has 0 amide bonds. The molecule has 2 aliphatic heterocycles. The molecule has 4 atom stereocenters. The van der Waals surface area contributed by atoms with Crippen LogP contribution in [0, 0.1) is 12.8 Å². The van der Waals surface area contributed by atoms with E-state index in [9.17, 15) is 9.90 Å². The quantitative estimate of drug-likeness (QED) is 0.909. The third kappa shape index (κ3) is 2.13. The number of fused-ring (bicyclic) bond motifs is 2. The number of hydrogen-bond donors (Lipinski definition) is 1. The molecule has 2 fully saturated rings. The molecule has 0 saturated carbocycles. The summed E-state index contributed by atoms with van der Waals surface area (Å²) in [6, 6.07) is 6.66. The largest absolute Gasteiger partial charge is 0.481 e. The van der Waals surface area contributed by atoms with Crippen molar-refractivity contribution in [2.45, 2.75) is 44.2 Å². The van der Waals surface area contributed by atoms with Gasteiger partial charge in [-0.25, -0.2) is 0 Å². The van der Waals surface area contributed by atoms with Crippen molar-refractivity contribution in [2.24, 2.45) is 5.92 Å². The summed E-state index contributed by atoms with van der Waals surface area (Å²) in [4.78, 5) is 14.0. The van der Waals surface area contributed by atoms with E-state index in [1.165, 1.54) is 0 Å². The van der Waals surface area contributed by atoms with Crippen molar-refractivity contribution in [1.82, 2.24) is 4.90 Å². The SMILES string of the molecule is Cc1cc([C@H]2C[C@@H]3CC[C@H]([C@H]2C(=O)O)N3C)ccc1Cl. The van der Waals surface area contributed by atoms with Crippen LogP contribution < -0.4 is 0 Å². The smallest absolute Gasteiger partial charge is 0.308 e. The second-order valence-corrected chi connectivity index (χ2v) is 6.59. The van der Waals surface area contributed by atoms with Gasteiger partial charge in [0.2, 0.25) is 0 Å². The number of carboxylic acid groups (broad SMARTS) is 1. The maximum absolute atomic E-state index is 11.8. The summed E-state index contributed by atoms with van der Waals surface area (Å²) in [5.41, 5.74) is 2.16. The molecule has 1 aromatic carbocycles. The van der Waals surface area contributed by atoms with Gasteiger partial charge in [-0.1, -0.05) is 23.7 Å². The number of piperidine rings is 1. The van der Waals surface area contributed by atoms with Crippen LogP contribution in [0.3, 0.4) is 0 Å². The molecule has 0 aliphatic carbocycles. The number of aliphatic carboxylic acids is 1. The average Bonchev–Trinajstić information content (AvgIpc) is 2.63. The fourth-order valence-electron chi connectivity index (χ4n) is 4.04. The van der Waals surface area contributed by atoms with E-state index in [0.29, 0.717) is 6.04 Å². The monoisotopic (exact) mass is 293 g/mol. The third-order valence-electron chi connectivity index (χ3n) is 5.16. The Morgan fingerprint density at radius 3 is 2.80 bits per heavy atom. The molecule has 1 aromatic rings. The first-order valence-corrected chi connectivity index (χ1v) is 7.57. The van der Waals surface area contributed by atoms with Crippen molar-refractivity contribution in [3.63, 3.8) is 0 Å². The number of carbonyl (C=O) groups is 1. The van der Waals surface area contributed by atoms with Crippen LogP contribution in [-0.4, -0.2) is 35.1 Å². The second kappa shape index (κ2) is 5.05. The van der Waals surface area contributed by atoms with Crippen molar-refractivity contribution >= 4 is 17.6 Å². The van der Waals surface area contributed by atoms with Gasteiger partial charge >= 0.3 is 5.97 Å². The molecule has 4 heteroatoms. The molecule has 108 valence electrons. The maximum atomic E-state index is 11.8. The zero-order valence-electron chi connectivity index (χ0n) is 11.8. The van der Waals surface area contributed by atoms with Gasteiger partial charge in [-0.05, 0) is 50.4 Å². The molecule has 2 bridgehead atoms. The Morgan fingerprint density at radius 2 is 2.15 bits per heavy atom. The van der Waals surface area contributed by atoms with E-state index in [1.807, 2.05) is 19.1 Å². The number of halogens is 1. The van der Waals surface area contributed by atoms with E-state index in [1.54, 1.807) is 0 Å². The molecular weight excluding hydrogens is 274 g/mol.